The monoisotopic (exact) mass is 230 g/mol. The van der Waals surface area contributed by atoms with Crippen LogP contribution in [0, 0.1) is 11.8 Å². The largest absolute Gasteiger partial charge is 0.297 e. The molecule has 0 saturated heterocycles. The molecule has 16 heavy (non-hydrogen) atoms. The molecule has 82 valence electrons. The number of para-hydroxylation sites is 1. The molecule has 1 aromatic carbocycles. The van der Waals surface area contributed by atoms with Crippen molar-refractivity contribution in [3.63, 3.8) is 0 Å². The molecule has 0 bridgehead atoms. The number of hydrogen-bond acceptors (Lipinski definition) is 3. The zero-order valence-electron chi connectivity index (χ0n) is 9.45. The highest BCUT2D eigenvalue weighted by molar-refractivity contribution is 7.18. The molecule has 1 aromatic heterocycles. The highest BCUT2D eigenvalue weighted by atomic mass is 32.1. The lowest BCUT2D eigenvalue weighted by Gasteiger charge is -2.06. The number of nitrogens with zero attached hydrogens (tertiary/aromatic N) is 1. The van der Waals surface area contributed by atoms with Crippen LogP contribution in [0.15, 0.2) is 24.3 Å². The normalized spacial score (nSPS) is 12.1. The smallest absolute Gasteiger partial charge is 0.111 e. The number of rotatable bonds is 3. The third-order valence-corrected chi connectivity index (χ3v) is 3.57. The van der Waals surface area contributed by atoms with Crippen molar-refractivity contribution in [3.05, 3.63) is 29.3 Å². The van der Waals surface area contributed by atoms with Crippen LogP contribution >= 0.6 is 11.3 Å². The molecule has 2 nitrogen and oxygen atoms in total. The van der Waals surface area contributed by atoms with Crippen molar-refractivity contribution in [1.82, 2.24) is 10.3 Å². The van der Waals surface area contributed by atoms with Gasteiger partial charge in [-0.3, -0.25) is 5.32 Å². The van der Waals surface area contributed by atoms with Crippen molar-refractivity contribution in [1.29, 1.82) is 0 Å². The summed E-state index contributed by atoms with van der Waals surface area (Å²) < 4.78 is 1.24. The Morgan fingerprint density at radius 1 is 1.44 bits per heavy atom. The molecule has 0 fully saturated rings. The van der Waals surface area contributed by atoms with Crippen LogP contribution in [0.4, 0.5) is 0 Å². The van der Waals surface area contributed by atoms with Crippen LogP contribution < -0.4 is 5.32 Å². The maximum absolute atomic E-state index is 4.60. The van der Waals surface area contributed by atoms with Crippen molar-refractivity contribution >= 4 is 21.6 Å². The summed E-state index contributed by atoms with van der Waals surface area (Å²) in [5, 5.41) is 4.46. The van der Waals surface area contributed by atoms with E-state index in [9.17, 15) is 0 Å². The van der Waals surface area contributed by atoms with Gasteiger partial charge in [0.25, 0.3) is 0 Å². The number of aromatic nitrogens is 1. The van der Waals surface area contributed by atoms with Crippen molar-refractivity contribution in [3.8, 4) is 11.8 Å². The summed E-state index contributed by atoms with van der Waals surface area (Å²) in [6, 6.07) is 8.48. The Hall–Kier alpha value is -1.37. The predicted octanol–water partition coefficient (Wildman–Crippen LogP) is 2.97. The quantitative estimate of drug-likeness (QED) is 0.820. The highest BCUT2D eigenvalue weighted by Crippen LogP contribution is 2.25. The van der Waals surface area contributed by atoms with Crippen LogP contribution in [0.2, 0.25) is 0 Å². The summed E-state index contributed by atoms with van der Waals surface area (Å²) >= 11 is 1.74. The first-order valence-electron chi connectivity index (χ1n) is 5.29. The lowest BCUT2D eigenvalue weighted by molar-refractivity contribution is 0.620. The lowest BCUT2D eigenvalue weighted by Crippen LogP contribution is -2.18. The van der Waals surface area contributed by atoms with E-state index >= 15 is 0 Å². The molecule has 1 atom stereocenters. The average Bonchev–Trinajstić information content (AvgIpc) is 2.73. The molecule has 1 heterocycles. The summed E-state index contributed by atoms with van der Waals surface area (Å²) in [6.07, 6.45) is 0. The van der Waals surface area contributed by atoms with Gasteiger partial charge in [-0.05, 0) is 26.0 Å². The Labute approximate surface area is 99.7 Å². The van der Waals surface area contributed by atoms with Gasteiger partial charge in [-0.15, -0.1) is 17.3 Å². The fourth-order valence-corrected chi connectivity index (χ4v) is 2.45. The molecule has 2 rings (SSSR count). The molecule has 1 N–H and O–H groups in total. The Kier molecular flexibility index (Phi) is 3.55. The first kappa shape index (κ1) is 11.1. The highest BCUT2D eigenvalue weighted by Gasteiger charge is 2.09. The van der Waals surface area contributed by atoms with E-state index in [1.54, 1.807) is 11.3 Å². The van der Waals surface area contributed by atoms with Gasteiger partial charge in [0, 0.05) is 0 Å². The summed E-state index contributed by atoms with van der Waals surface area (Å²) in [5.41, 5.74) is 1.08. The lowest BCUT2D eigenvalue weighted by atomic mass is 10.3. The van der Waals surface area contributed by atoms with Gasteiger partial charge < -0.3 is 0 Å². The molecule has 1 unspecified atom stereocenters. The van der Waals surface area contributed by atoms with Gasteiger partial charge in [0.2, 0.25) is 0 Å². The Bertz CT molecular complexity index is 500. The summed E-state index contributed by atoms with van der Waals surface area (Å²) in [5.74, 6) is 5.87. The Morgan fingerprint density at radius 2 is 2.25 bits per heavy atom. The van der Waals surface area contributed by atoms with E-state index in [2.05, 4.69) is 35.1 Å². The first-order chi connectivity index (χ1) is 7.81. The molecule has 0 aliphatic carbocycles. The third-order valence-electron chi connectivity index (χ3n) is 2.35. The molecule has 0 spiro atoms. The second kappa shape index (κ2) is 5.11. The molecule has 0 aliphatic rings. The summed E-state index contributed by atoms with van der Waals surface area (Å²) in [6.45, 7) is 4.69. The van der Waals surface area contributed by atoms with E-state index in [-0.39, 0.29) is 6.04 Å². The molecular weight excluding hydrogens is 216 g/mol. The number of nitrogens with one attached hydrogen (secondary N) is 1. The summed E-state index contributed by atoms with van der Waals surface area (Å²) in [4.78, 5) is 4.60. The molecule has 2 aromatic rings. The van der Waals surface area contributed by atoms with Crippen LogP contribution in [-0.2, 0) is 0 Å². The standard InChI is InChI=1S/C13H14N2S/c1-3-4-9-14-10(2)13-15-11-7-5-6-8-12(11)16-13/h5-8,10,14H,9H2,1-2H3. The topological polar surface area (TPSA) is 24.9 Å². The van der Waals surface area contributed by atoms with Crippen LogP contribution in [0.25, 0.3) is 10.2 Å². The van der Waals surface area contributed by atoms with Gasteiger partial charge in [0.15, 0.2) is 0 Å². The number of benzene rings is 1. The molecule has 0 aliphatic heterocycles. The predicted molar refractivity (Wildman–Crippen MR) is 69.5 cm³/mol. The second-order valence-corrected chi connectivity index (χ2v) is 4.61. The van der Waals surface area contributed by atoms with E-state index in [0.717, 1.165) is 10.5 Å². The van der Waals surface area contributed by atoms with Gasteiger partial charge >= 0.3 is 0 Å². The van der Waals surface area contributed by atoms with Crippen molar-refractivity contribution < 1.29 is 0 Å². The zero-order chi connectivity index (χ0) is 11.4. The average molecular weight is 230 g/mol. The van der Waals surface area contributed by atoms with Crippen LogP contribution in [0.5, 0.6) is 0 Å². The van der Waals surface area contributed by atoms with Crippen LogP contribution in [0.1, 0.15) is 24.9 Å². The number of thiazole rings is 1. The zero-order valence-corrected chi connectivity index (χ0v) is 10.3. The fraction of sp³-hybridized carbons (Fsp3) is 0.308. The first-order valence-corrected chi connectivity index (χ1v) is 6.11. The minimum absolute atomic E-state index is 0.262. The fourth-order valence-electron chi connectivity index (χ4n) is 1.46. The summed E-state index contributed by atoms with van der Waals surface area (Å²) in [7, 11) is 0. The molecule has 3 heteroatoms. The van der Waals surface area contributed by atoms with Gasteiger partial charge in [-0.25, -0.2) is 4.98 Å². The minimum atomic E-state index is 0.262. The van der Waals surface area contributed by atoms with E-state index in [0.29, 0.717) is 6.54 Å². The van der Waals surface area contributed by atoms with Gasteiger partial charge in [-0.1, -0.05) is 18.1 Å². The van der Waals surface area contributed by atoms with Gasteiger partial charge in [-0.2, -0.15) is 0 Å². The van der Waals surface area contributed by atoms with Gasteiger partial charge in [0.05, 0.1) is 22.8 Å². The van der Waals surface area contributed by atoms with E-state index in [1.807, 2.05) is 25.1 Å². The third kappa shape index (κ3) is 2.41. The number of fused-ring (bicyclic) bond motifs is 1. The molecule has 0 saturated carbocycles. The molecular formula is C13H14N2S. The van der Waals surface area contributed by atoms with E-state index in [4.69, 9.17) is 0 Å². The Balaban J connectivity index is 2.15. The maximum Gasteiger partial charge on any atom is 0.111 e. The Morgan fingerprint density at radius 3 is 3.00 bits per heavy atom. The number of hydrogen-bond donors (Lipinski definition) is 1. The van der Waals surface area contributed by atoms with E-state index < -0.39 is 0 Å². The van der Waals surface area contributed by atoms with Gasteiger partial charge in [0.1, 0.15) is 5.01 Å². The SMILES string of the molecule is CC#CCNC(C)c1nc2ccccc2s1. The minimum Gasteiger partial charge on any atom is -0.297 e. The molecule has 0 radical (unpaired) electrons. The van der Waals surface area contributed by atoms with Crippen molar-refractivity contribution in [2.24, 2.45) is 0 Å². The molecule has 0 amide bonds. The van der Waals surface area contributed by atoms with Crippen LogP contribution in [0.3, 0.4) is 0 Å². The maximum atomic E-state index is 4.60. The van der Waals surface area contributed by atoms with Crippen molar-refractivity contribution in [2.75, 3.05) is 6.54 Å². The second-order valence-electron chi connectivity index (χ2n) is 3.55. The van der Waals surface area contributed by atoms with Crippen molar-refractivity contribution in [2.45, 2.75) is 19.9 Å². The van der Waals surface area contributed by atoms with E-state index in [1.165, 1.54) is 4.70 Å². The van der Waals surface area contributed by atoms with Crippen LogP contribution in [-0.4, -0.2) is 11.5 Å².